The highest BCUT2D eigenvalue weighted by Gasteiger charge is 2.11. The van der Waals surface area contributed by atoms with Crippen molar-refractivity contribution in [1.82, 2.24) is 0 Å². The zero-order valence-corrected chi connectivity index (χ0v) is 11.9. The average Bonchev–Trinajstić information content (AvgIpc) is 2.22. The van der Waals surface area contributed by atoms with E-state index in [1.54, 1.807) is 0 Å². The van der Waals surface area contributed by atoms with Crippen molar-refractivity contribution in [3.8, 4) is 5.75 Å². The van der Waals surface area contributed by atoms with Gasteiger partial charge in [-0.25, -0.2) is 0 Å². The molecular weight excluding hydrogens is 289 g/mol. The van der Waals surface area contributed by atoms with E-state index in [-0.39, 0.29) is 24.2 Å². The van der Waals surface area contributed by atoms with Crippen LogP contribution in [0.25, 0.3) is 0 Å². The molecule has 3 N–H and O–H groups in total. The third kappa shape index (κ3) is 4.32. The molecule has 16 heavy (non-hydrogen) atoms. The molecule has 0 heterocycles. The van der Waals surface area contributed by atoms with Crippen molar-refractivity contribution in [3.63, 3.8) is 0 Å². The second-order valence-corrected chi connectivity index (χ2v) is 4.63. The van der Waals surface area contributed by atoms with Crippen LogP contribution in [-0.4, -0.2) is 5.11 Å². The molecule has 0 aliphatic carbocycles. The second-order valence-electron chi connectivity index (χ2n) is 3.78. The summed E-state index contributed by atoms with van der Waals surface area (Å²) in [6.07, 6.45) is 4.43. The minimum Gasteiger partial charge on any atom is -0.506 e. The summed E-state index contributed by atoms with van der Waals surface area (Å²) in [6.45, 7) is 2.17. The monoisotopic (exact) mass is 307 g/mol. The molecule has 0 bridgehead atoms. The third-order valence-electron chi connectivity index (χ3n) is 2.54. The Balaban J connectivity index is 0.00000225. The summed E-state index contributed by atoms with van der Waals surface area (Å²) in [5.41, 5.74) is 6.86. The lowest BCUT2D eigenvalue weighted by Gasteiger charge is -2.14. The summed E-state index contributed by atoms with van der Waals surface area (Å²) < 4.78 is 0.714. The molecule has 0 saturated carbocycles. The molecule has 0 aliphatic rings. The number of para-hydroxylation sites is 1. The Labute approximate surface area is 112 Å². The van der Waals surface area contributed by atoms with Gasteiger partial charge in [0.25, 0.3) is 0 Å². The van der Waals surface area contributed by atoms with Crippen molar-refractivity contribution in [2.24, 2.45) is 5.73 Å². The van der Waals surface area contributed by atoms with Crippen LogP contribution in [0, 0.1) is 0 Å². The van der Waals surface area contributed by atoms with Crippen LogP contribution in [0.2, 0.25) is 0 Å². The van der Waals surface area contributed by atoms with Crippen molar-refractivity contribution < 1.29 is 5.11 Å². The number of rotatable bonds is 5. The highest BCUT2D eigenvalue weighted by Crippen LogP contribution is 2.32. The van der Waals surface area contributed by atoms with Gasteiger partial charge in [-0.1, -0.05) is 38.3 Å². The van der Waals surface area contributed by atoms with Crippen LogP contribution in [0.4, 0.5) is 0 Å². The van der Waals surface area contributed by atoms with E-state index in [1.807, 2.05) is 18.2 Å². The van der Waals surface area contributed by atoms with Crippen LogP contribution in [-0.2, 0) is 0 Å². The lowest BCUT2D eigenvalue weighted by molar-refractivity contribution is 0.452. The average molecular weight is 309 g/mol. The summed E-state index contributed by atoms with van der Waals surface area (Å²) >= 11 is 3.29. The second kappa shape index (κ2) is 7.93. The Hall–Kier alpha value is -0.250. The minimum atomic E-state index is -0.0611. The molecule has 1 aromatic carbocycles. The highest BCUT2D eigenvalue weighted by atomic mass is 79.9. The first kappa shape index (κ1) is 15.8. The zero-order valence-electron chi connectivity index (χ0n) is 9.45. The first-order chi connectivity index (χ1) is 7.16. The molecule has 0 aromatic heterocycles. The van der Waals surface area contributed by atoms with E-state index in [9.17, 15) is 5.11 Å². The van der Waals surface area contributed by atoms with E-state index in [1.165, 1.54) is 12.8 Å². The van der Waals surface area contributed by atoms with Gasteiger partial charge in [0.05, 0.1) is 4.47 Å². The SMILES string of the molecule is CCCCC[C@@H](N)c1cccc(Br)c1O.Cl. The molecule has 1 aromatic rings. The molecule has 2 nitrogen and oxygen atoms in total. The molecule has 0 radical (unpaired) electrons. The van der Waals surface area contributed by atoms with Gasteiger partial charge >= 0.3 is 0 Å². The van der Waals surface area contributed by atoms with Crippen LogP contribution in [0.3, 0.4) is 0 Å². The zero-order chi connectivity index (χ0) is 11.3. The van der Waals surface area contributed by atoms with Gasteiger partial charge in [0.15, 0.2) is 0 Å². The standard InChI is InChI=1S/C12H18BrNO.ClH/c1-2-3-4-8-11(14)9-6-5-7-10(13)12(9)15;/h5-7,11,15H,2-4,8,14H2,1H3;1H/t11-;/m1./s1. The molecule has 0 spiro atoms. The molecular formula is C12H19BrClNO. The highest BCUT2D eigenvalue weighted by molar-refractivity contribution is 9.10. The van der Waals surface area contributed by atoms with Crippen molar-refractivity contribution in [1.29, 1.82) is 0 Å². The van der Waals surface area contributed by atoms with E-state index in [4.69, 9.17) is 5.73 Å². The Kier molecular flexibility index (Phi) is 7.81. The van der Waals surface area contributed by atoms with Gasteiger partial charge < -0.3 is 10.8 Å². The van der Waals surface area contributed by atoms with Crippen molar-refractivity contribution in [2.45, 2.75) is 38.6 Å². The summed E-state index contributed by atoms with van der Waals surface area (Å²) in [5, 5.41) is 9.80. The van der Waals surface area contributed by atoms with E-state index in [2.05, 4.69) is 22.9 Å². The summed E-state index contributed by atoms with van der Waals surface area (Å²) in [5.74, 6) is 0.279. The summed E-state index contributed by atoms with van der Waals surface area (Å²) in [6, 6.07) is 5.54. The van der Waals surface area contributed by atoms with Crippen LogP contribution < -0.4 is 5.73 Å². The lowest BCUT2D eigenvalue weighted by atomic mass is 10.0. The Morgan fingerprint density at radius 1 is 1.38 bits per heavy atom. The molecule has 1 rings (SSSR count). The van der Waals surface area contributed by atoms with Crippen LogP contribution in [0.15, 0.2) is 22.7 Å². The number of aromatic hydroxyl groups is 1. The quantitative estimate of drug-likeness (QED) is 0.802. The van der Waals surface area contributed by atoms with Crippen LogP contribution in [0.5, 0.6) is 5.75 Å². The predicted octanol–water partition coefficient (Wildman–Crippen LogP) is 4.16. The first-order valence-electron chi connectivity index (χ1n) is 5.39. The van der Waals surface area contributed by atoms with Gasteiger partial charge in [-0.3, -0.25) is 0 Å². The van der Waals surface area contributed by atoms with Gasteiger partial charge in [0.2, 0.25) is 0 Å². The van der Waals surface area contributed by atoms with Gasteiger partial charge in [0, 0.05) is 11.6 Å². The number of phenolic OH excluding ortho intramolecular Hbond substituents is 1. The summed E-state index contributed by atoms with van der Waals surface area (Å²) in [7, 11) is 0. The molecule has 0 unspecified atom stereocenters. The fourth-order valence-corrected chi connectivity index (χ4v) is 1.98. The first-order valence-corrected chi connectivity index (χ1v) is 6.19. The number of halogens is 2. The molecule has 1 atom stereocenters. The number of benzene rings is 1. The Bertz CT molecular complexity index is 320. The number of phenols is 1. The molecule has 0 amide bonds. The maximum absolute atomic E-state index is 9.80. The molecule has 0 fully saturated rings. The largest absolute Gasteiger partial charge is 0.506 e. The van der Waals surface area contributed by atoms with Crippen molar-refractivity contribution in [3.05, 3.63) is 28.2 Å². The van der Waals surface area contributed by atoms with Crippen LogP contribution >= 0.6 is 28.3 Å². The number of hydrogen-bond acceptors (Lipinski definition) is 2. The van der Waals surface area contributed by atoms with Crippen molar-refractivity contribution >= 4 is 28.3 Å². The normalized spacial score (nSPS) is 11.9. The van der Waals surface area contributed by atoms with E-state index in [0.29, 0.717) is 4.47 Å². The topological polar surface area (TPSA) is 46.2 Å². The fourth-order valence-electron chi connectivity index (χ4n) is 1.60. The maximum atomic E-state index is 9.80. The number of nitrogens with two attached hydrogens (primary N) is 1. The molecule has 0 aliphatic heterocycles. The van der Waals surface area contributed by atoms with E-state index < -0.39 is 0 Å². The molecule has 4 heteroatoms. The van der Waals surface area contributed by atoms with Crippen LogP contribution in [0.1, 0.15) is 44.2 Å². The fraction of sp³-hybridized carbons (Fsp3) is 0.500. The van der Waals surface area contributed by atoms with Crippen molar-refractivity contribution in [2.75, 3.05) is 0 Å². The Morgan fingerprint density at radius 3 is 2.69 bits per heavy atom. The molecule has 92 valence electrons. The number of unbranched alkanes of at least 4 members (excludes halogenated alkanes) is 2. The molecule has 0 saturated heterocycles. The van der Waals surface area contributed by atoms with Gasteiger partial charge in [-0.15, -0.1) is 12.4 Å². The minimum absolute atomic E-state index is 0. The third-order valence-corrected chi connectivity index (χ3v) is 3.18. The van der Waals surface area contributed by atoms with E-state index in [0.717, 1.165) is 18.4 Å². The maximum Gasteiger partial charge on any atom is 0.134 e. The number of hydrogen-bond donors (Lipinski definition) is 2. The van der Waals surface area contributed by atoms with Gasteiger partial charge in [-0.2, -0.15) is 0 Å². The lowest BCUT2D eigenvalue weighted by Crippen LogP contribution is -2.10. The van der Waals surface area contributed by atoms with Gasteiger partial charge in [0.1, 0.15) is 5.75 Å². The van der Waals surface area contributed by atoms with E-state index >= 15 is 0 Å². The smallest absolute Gasteiger partial charge is 0.134 e. The Morgan fingerprint density at radius 2 is 2.06 bits per heavy atom. The predicted molar refractivity (Wildman–Crippen MR) is 74.1 cm³/mol. The van der Waals surface area contributed by atoms with Gasteiger partial charge in [-0.05, 0) is 28.4 Å². The summed E-state index contributed by atoms with van der Waals surface area (Å²) in [4.78, 5) is 0.